The van der Waals surface area contributed by atoms with Gasteiger partial charge in [0.05, 0.1) is 5.70 Å². The number of allylic oxidation sites excluding steroid dienone is 2. The van der Waals surface area contributed by atoms with Gasteiger partial charge in [0.2, 0.25) is 0 Å². The first kappa shape index (κ1) is 6.13. The molecule has 3 N–H and O–H groups in total. The second-order valence-corrected chi connectivity index (χ2v) is 1.96. The van der Waals surface area contributed by atoms with E-state index in [-0.39, 0.29) is 17.9 Å². The summed E-state index contributed by atoms with van der Waals surface area (Å²) in [4.78, 5) is 0. The first-order chi connectivity index (χ1) is 4.20. The van der Waals surface area contributed by atoms with Crippen molar-refractivity contribution in [1.29, 1.82) is 0 Å². The van der Waals surface area contributed by atoms with Gasteiger partial charge in [0.1, 0.15) is 11.9 Å². The number of aliphatic hydroxyl groups excluding tert-OH is 1. The largest absolute Gasteiger partial charge is 0.506 e. The molecule has 50 valence electrons. The van der Waals surface area contributed by atoms with Crippen LogP contribution in [0.4, 0.5) is 4.39 Å². The quantitative estimate of drug-likeness (QED) is 0.512. The van der Waals surface area contributed by atoms with Gasteiger partial charge in [-0.05, 0) is 12.2 Å². The van der Waals surface area contributed by atoms with E-state index in [1.807, 2.05) is 0 Å². The van der Waals surface area contributed by atoms with Crippen molar-refractivity contribution in [3.8, 4) is 0 Å². The van der Waals surface area contributed by atoms with Crippen molar-refractivity contribution in [3.63, 3.8) is 0 Å². The lowest BCUT2D eigenvalue weighted by Crippen LogP contribution is -2.10. The smallest absolute Gasteiger partial charge is 0.134 e. The van der Waals surface area contributed by atoms with Crippen molar-refractivity contribution in [1.82, 2.24) is 0 Å². The first-order valence-corrected chi connectivity index (χ1v) is 2.71. The number of hydrogen-bond donors (Lipinski definition) is 2. The summed E-state index contributed by atoms with van der Waals surface area (Å²) in [5.41, 5.74) is 5.30. The molecule has 0 amide bonds. The van der Waals surface area contributed by atoms with Gasteiger partial charge >= 0.3 is 0 Å². The van der Waals surface area contributed by atoms with Crippen molar-refractivity contribution >= 4 is 0 Å². The average molecular weight is 129 g/mol. The molecule has 0 aromatic heterocycles. The van der Waals surface area contributed by atoms with Crippen molar-refractivity contribution in [2.45, 2.75) is 12.6 Å². The molecule has 1 rings (SSSR count). The van der Waals surface area contributed by atoms with Gasteiger partial charge in [0.25, 0.3) is 0 Å². The number of aliphatic hydroxyl groups is 1. The summed E-state index contributed by atoms with van der Waals surface area (Å²) < 4.78 is 12.3. The summed E-state index contributed by atoms with van der Waals surface area (Å²) in [6, 6.07) is 0. The number of hydrogen-bond acceptors (Lipinski definition) is 2. The molecule has 0 aliphatic heterocycles. The minimum atomic E-state index is -1.03. The Morgan fingerprint density at radius 1 is 1.78 bits per heavy atom. The van der Waals surface area contributed by atoms with Crippen molar-refractivity contribution < 1.29 is 9.50 Å². The second kappa shape index (κ2) is 2.09. The third-order valence-corrected chi connectivity index (χ3v) is 1.19. The van der Waals surface area contributed by atoms with Gasteiger partial charge in [-0.15, -0.1) is 0 Å². The third kappa shape index (κ3) is 1.22. The maximum Gasteiger partial charge on any atom is 0.134 e. The number of rotatable bonds is 0. The van der Waals surface area contributed by atoms with Crippen LogP contribution in [0.2, 0.25) is 0 Å². The van der Waals surface area contributed by atoms with Gasteiger partial charge in [-0.1, -0.05) is 0 Å². The predicted octanol–water partition coefficient (Wildman–Crippen LogP) is 1.01. The van der Waals surface area contributed by atoms with Gasteiger partial charge in [0.15, 0.2) is 0 Å². The van der Waals surface area contributed by atoms with Gasteiger partial charge in [-0.25, -0.2) is 4.39 Å². The molecule has 1 atom stereocenters. The Morgan fingerprint density at radius 2 is 2.44 bits per heavy atom. The highest BCUT2D eigenvalue weighted by Crippen LogP contribution is 2.14. The van der Waals surface area contributed by atoms with E-state index in [0.717, 1.165) is 0 Å². The normalized spacial score (nSPS) is 27.0. The highest BCUT2D eigenvalue weighted by molar-refractivity contribution is 5.26. The van der Waals surface area contributed by atoms with Crippen molar-refractivity contribution in [2.24, 2.45) is 5.73 Å². The lowest BCUT2D eigenvalue weighted by Gasteiger charge is -2.08. The maximum atomic E-state index is 12.3. The zero-order chi connectivity index (χ0) is 6.85. The lowest BCUT2D eigenvalue weighted by molar-refractivity contribution is 0.367. The Labute approximate surface area is 52.5 Å². The molecule has 0 aromatic rings. The summed E-state index contributed by atoms with van der Waals surface area (Å²) in [6.45, 7) is 0. The molecule has 0 aromatic carbocycles. The van der Waals surface area contributed by atoms with Crippen LogP contribution in [0.5, 0.6) is 0 Å². The highest BCUT2D eigenvalue weighted by Gasteiger charge is 2.10. The summed E-state index contributed by atoms with van der Waals surface area (Å²) >= 11 is 0. The maximum absolute atomic E-state index is 12.3. The SMILES string of the molecule is NC1=CC(F)CC=C1O. The van der Waals surface area contributed by atoms with Crippen LogP contribution in [0, 0.1) is 0 Å². The Bertz CT molecular complexity index is 174. The number of nitrogens with two attached hydrogens (primary N) is 1. The molecule has 1 aliphatic rings. The van der Waals surface area contributed by atoms with Crippen molar-refractivity contribution in [2.75, 3.05) is 0 Å². The molecule has 0 heterocycles. The predicted molar refractivity (Wildman–Crippen MR) is 32.5 cm³/mol. The molecule has 9 heavy (non-hydrogen) atoms. The fourth-order valence-corrected chi connectivity index (χ4v) is 0.690. The van der Waals surface area contributed by atoms with E-state index in [4.69, 9.17) is 10.8 Å². The molecule has 0 spiro atoms. The van der Waals surface area contributed by atoms with Crippen LogP contribution in [-0.4, -0.2) is 11.3 Å². The Hall–Kier alpha value is -0.990. The fraction of sp³-hybridized carbons (Fsp3) is 0.333. The van der Waals surface area contributed by atoms with Gasteiger partial charge < -0.3 is 10.8 Å². The zero-order valence-electron chi connectivity index (χ0n) is 4.84. The minimum absolute atomic E-state index is 0.0103. The summed E-state index contributed by atoms with van der Waals surface area (Å²) in [6.07, 6.45) is 1.78. The topological polar surface area (TPSA) is 46.2 Å². The van der Waals surface area contributed by atoms with Crippen LogP contribution in [0.3, 0.4) is 0 Å². The molecule has 2 nitrogen and oxygen atoms in total. The van der Waals surface area contributed by atoms with E-state index in [2.05, 4.69) is 0 Å². The Balaban J connectivity index is 2.75. The summed E-state index contributed by atoms with van der Waals surface area (Å²) in [5.74, 6) is -0.0103. The molecule has 0 fully saturated rings. The Morgan fingerprint density at radius 3 is 2.89 bits per heavy atom. The average Bonchev–Trinajstić information content (AvgIpc) is 1.80. The number of alkyl halides is 1. The standard InChI is InChI=1S/C6H8FNO/c7-4-1-2-6(9)5(8)3-4/h2-4,9H,1,8H2. The van der Waals surface area contributed by atoms with E-state index >= 15 is 0 Å². The molecule has 0 radical (unpaired) electrons. The summed E-state index contributed by atoms with van der Waals surface area (Å²) in [5, 5.41) is 8.80. The lowest BCUT2D eigenvalue weighted by atomic mass is 10.1. The second-order valence-electron chi connectivity index (χ2n) is 1.96. The van der Waals surface area contributed by atoms with Gasteiger partial charge in [-0.3, -0.25) is 0 Å². The molecular formula is C6H8FNO. The molecular weight excluding hydrogens is 121 g/mol. The monoisotopic (exact) mass is 129 g/mol. The van der Waals surface area contributed by atoms with Crippen LogP contribution < -0.4 is 5.73 Å². The third-order valence-electron chi connectivity index (χ3n) is 1.19. The highest BCUT2D eigenvalue weighted by atomic mass is 19.1. The van der Waals surface area contributed by atoms with E-state index < -0.39 is 6.17 Å². The van der Waals surface area contributed by atoms with E-state index in [1.54, 1.807) is 0 Å². The molecule has 3 heteroatoms. The molecule has 1 aliphatic carbocycles. The van der Waals surface area contributed by atoms with Crippen LogP contribution in [0.25, 0.3) is 0 Å². The molecule has 0 saturated heterocycles. The molecule has 1 unspecified atom stereocenters. The minimum Gasteiger partial charge on any atom is -0.506 e. The molecule has 0 bridgehead atoms. The van der Waals surface area contributed by atoms with Gasteiger partial charge in [-0.2, -0.15) is 0 Å². The van der Waals surface area contributed by atoms with Crippen molar-refractivity contribution in [3.05, 3.63) is 23.6 Å². The Kier molecular flexibility index (Phi) is 1.42. The zero-order valence-corrected chi connectivity index (χ0v) is 4.84. The summed E-state index contributed by atoms with van der Waals surface area (Å²) in [7, 11) is 0. The first-order valence-electron chi connectivity index (χ1n) is 2.71. The van der Waals surface area contributed by atoms with Crippen LogP contribution >= 0.6 is 0 Å². The van der Waals surface area contributed by atoms with Crippen LogP contribution in [0.15, 0.2) is 23.6 Å². The van der Waals surface area contributed by atoms with E-state index in [1.165, 1.54) is 12.2 Å². The van der Waals surface area contributed by atoms with Gasteiger partial charge in [0, 0.05) is 6.42 Å². The van der Waals surface area contributed by atoms with E-state index in [0.29, 0.717) is 0 Å². The van der Waals surface area contributed by atoms with E-state index in [9.17, 15) is 4.39 Å². The number of halogens is 1. The fourth-order valence-electron chi connectivity index (χ4n) is 0.690. The van der Waals surface area contributed by atoms with Crippen LogP contribution in [0.1, 0.15) is 6.42 Å². The van der Waals surface area contributed by atoms with Crippen LogP contribution in [-0.2, 0) is 0 Å². The molecule has 0 saturated carbocycles.